The molecule has 0 aliphatic carbocycles. The molecule has 2 rings (SSSR count). The molecule has 1 aliphatic rings. The first-order valence-electron chi connectivity index (χ1n) is 12.2. The maximum atomic E-state index is 12.6. The fourth-order valence-electron chi connectivity index (χ4n) is 3.72. The molecule has 0 spiro atoms. The normalized spacial score (nSPS) is 17.7. The highest BCUT2D eigenvalue weighted by molar-refractivity contribution is 9.10. The van der Waals surface area contributed by atoms with Crippen molar-refractivity contribution >= 4 is 57.0 Å². The van der Waals surface area contributed by atoms with Crippen LogP contribution in [-0.4, -0.2) is 95.7 Å². The number of carbonyl (C=O) groups excluding carboxylic acids is 3. The number of halogens is 2. The van der Waals surface area contributed by atoms with E-state index in [1.165, 1.54) is 0 Å². The molecule has 1 heterocycles. The lowest BCUT2D eigenvalue weighted by molar-refractivity contribution is -0.122. The van der Waals surface area contributed by atoms with Crippen LogP contribution in [0.1, 0.15) is 31.9 Å². The highest BCUT2D eigenvalue weighted by Gasteiger charge is 2.41. The van der Waals surface area contributed by atoms with Gasteiger partial charge in [-0.3, -0.25) is 24.8 Å². The van der Waals surface area contributed by atoms with Gasteiger partial charge in [-0.2, -0.15) is 0 Å². The van der Waals surface area contributed by atoms with E-state index >= 15 is 0 Å². The van der Waals surface area contributed by atoms with Gasteiger partial charge in [0.2, 0.25) is 11.8 Å². The van der Waals surface area contributed by atoms with Crippen LogP contribution >= 0.6 is 27.5 Å². The van der Waals surface area contributed by atoms with Crippen molar-refractivity contribution in [1.29, 1.82) is 5.41 Å². The van der Waals surface area contributed by atoms with Crippen molar-refractivity contribution in [2.45, 2.75) is 44.3 Å². The summed E-state index contributed by atoms with van der Waals surface area (Å²) < 4.78 is 0.641. The number of amides is 4. The molecule has 1 aliphatic heterocycles. The van der Waals surface area contributed by atoms with Crippen molar-refractivity contribution in [2.75, 3.05) is 39.8 Å². The molecule has 2 atom stereocenters. The molecule has 39 heavy (non-hydrogen) atoms. The molecular formula is C24H37BrClN9O4. The molecule has 15 heteroatoms. The number of carbonyl (C=O) groups is 3. The summed E-state index contributed by atoms with van der Waals surface area (Å²) >= 11 is 9.48. The zero-order chi connectivity index (χ0) is 29.5. The van der Waals surface area contributed by atoms with Crippen LogP contribution in [0.4, 0.5) is 4.79 Å². The van der Waals surface area contributed by atoms with Gasteiger partial charge in [-0.15, -0.1) is 0 Å². The number of phenols is 1. The van der Waals surface area contributed by atoms with Gasteiger partial charge in [0.15, 0.2) is 17.4 Å². The molecule has 0 bridgehead atoms. The van der Waals surface area contributed by atoms with Crippen molar-refractivity contribution in [3.8, 4) is 5.75 Å². The van der Waals surface area contributed by atoms with E-state index in [2.05, 4.69) is 57.6 Å². The summed E-state index contributed by atoms with van der Waals surface area (Å²) in [6, 6.07) is 1.78. The Balaban J connectivity index is 1.73. The minimum atomic E-state index is -1.37. The number of urea groups is 1. The molecule has 0 radical (unpaired) electrons. The molecule has 4 amide bonds. The first-order valence-corrected chi connectivity index (χ1v) is 13.5. The number of rotatable bonds is 11. The Morgan fingerprint density at radius 1 is 1.23 bits per heavy atom. The van der Waals surface area contributed by atoms with Gasteiger partial charge in [-0.1, -0.05) is 38.4 Å². The maximum Gasteiger partial charge on any atom is 0.320 e. The summed E-state index contributed by atoms with van der Waals surface area (Å²) in [6.45, 7) is 8.18. The zero-order valence-electron chi connectivity index (χ0n) is 22.5. The second-order valence-corrected chi connectivity index (χ2v) is 11.4. The average Bonchev–Trinajstić information content (AvgIpc) is 2.82. The lowest BCUT2D eigenvalue weighted by atomic mass is 9.86. The van der Waals surface area contributed by atoms with Gasteiger partial charge >= 0.3 is 6.03 Å². The summed E-state index contributed by atoms with van der Waals surface area (Å²) in [4.78, 5) is 42.9. The van der Waals surface area contributed by atoms with Gasteiger partial charge in [-0.25, -0.2) is 9.79 Å². The standard InChI is InChI=1S/C24H37BrClN9O4/c1-24(2,3)14-9-13(18(37)15(25)10-14)11-30-5-6-31-16(36)12-34(4)8-7-32-23(39)35-17(22(29)38)20(27)33-21(28)19(35)26/h9-10,17,19,30,37H,5-8,11-12H2,1-4H3,(H2,29,38)(H,31,36)(H,32,39)(H3,27,28,33). The van der Waals surface area contributed by atoms with Crippen molar-refractivity contribution in [3.63, 3.8) is 0 Å². The Morgan fingerprint density at radius 2 is 1.90 bits per heavy atom. The molecule has 1 aromatic rings. The van der Waals surface area contributed by atoms with Crippen LogP contribution in [-0.2, 0) is 21.5 Å². The number of amidine groups is 2. The molecule has 0 saturated carbocycles. The lowest BCUT2D eigenvalue weighted by Crippen LogP contribution is -2.63. The van der Waals surface area contributed by atoms with Crippen molar-refractivity contribution in [3.05, 3.63) is 27.7 Å². The SMILES string of the molecule is CN(CCNC(=O)N1C(Cl)C(=N)N=C(N)C1C(N)=O)CC(=O)NCCNCc1cc(C(C)(C)C)cc(Br)c1O. The monoisotopic (exact) mass is 629 g/mol. The zero-order valence-corrected chi connectivity index (χ0v) is 24.8. The number of aliphatic imine (C=N–C) groups is 1. The Morgan fingerprint density at radius 3 is 2.51 bits per heavy atom. The summed E-state index contributed by atoms with van der Waals surface area (Å²) in [5.41, 5.74) is 11.5. The molecule has 13 nitrogen and oxygen atoms in total. The minimum absolute atomic E-state index is 0.0628. The highest BCUT2D eigenvalue weighted by atomic mass is 79.9. The molecule has 2 unspecified atom stereocenters. The fourth-order valence-corrected chi connectivity index (χ4v) is 4.48. The quantitative estimate of drug-likeness (QED) is 0.104. The third-order valence-corrected chi connectivity index (χ3v) is 6.93. The maximum absolute atomic E-state index is 12.6. The summed E-state index contributed by atoms with van der Waals surface area (Å²) in [5.74, 6) is -1.60. The van der Waals surface area contributed by atoms with Gasteiger partial charge in [0.05, 0.1) is 11.0 Å². The molecule has 0 aromatic heterocycles. The summed E-state index contributed by atoms with van der Waals surface area (Å²) in [7, 11) is 1.71. The predicted octanol–water partition coefficient (Wildman–Crippen LogP) is 0.368. The summed E-state index contributed by atoms with van der Waals surface area (Å²) in [6.07, 6.45) is 0. The van der Waals surface area contributed by atoms with E-state index < -0.39 is 23.5 Å². The van der Waals surface area contributed by atoms with Crippen LogP contribution in [0.25, 0.3) is 0 Å². The van der Waals surface area contributed by atoms with Crippen LogP contribution in [0.2, 0.25) is 0 Å². The molecule has 9 N–H and O–H groups in total. The lowest BCUT2D eigenvalue weighted by Gasteiger charge is -2.35. The van der Waals surface area contributed by atoms with Crippen molar-refractivity contribution < 1.29 is 19.5 Å². The third-order valence-electron chi connectivity index (χ3n) is 5.91. The number of alkyl halides is 1. The molecule has 216 valence electrons. The average molecular weight is 631 g/mol. The fraction of sp³-hybridized carbons (Fsp3) is 0.542. The number of benzene rings is 1. The number of likely N-dealkylation sites (N-methyl/N-ethyl adjacent to an activating group) is 1. The largest absolute Gasteiger partial charge is 0.506 e. The van der Waals surface area contributed by atoms with Gasteiger partial charge in [-0.05, 0) is 40.0 Å². The van der Waals surface area contributed by atoms with Crippen LogP contribution in [0.3, 0.4) is 0 Å². The smallest absolute Gasteiger partial charge is 0.320 e. The van der Waals surface area contributed by atoms with E-state index in [1.807, 2.05) is 12.1 Å². The van der Waals surface area contributed by atoms with Crippen LogP contribution < -0.4 is 27.4 Å². The van der Waals surface area contributed by atoms with E-state index in [0.29, 0.717) is 30.7 Å². The van der Waals surface area contributed by atoms with Gasteiger partial charge in [0.1, 0.15) is 11.6 Å². The van der Waals surface area contributed by atoms with E-state index in [1.54, 1.807) is 11.9 Å². The van der Waals surface area contributed by atoms with E-state index in [4.69, 9.17) is 28.5 Å². The Hall–Kier alpha value is -2.94. The van der Waals surface area contributed by atoms with E-state index in [-0.39, 0.29) is 41.8 Å². The summed E-state index contributed by atoms with van der Waals surface area (Å²) in [5, 5.41) is 26.7. The number of hydrogen-bond donors (Lipinski definition) is 7. The van der Waals surface area contributed by atoms with Crippen molar-refractivity contribution in [2.24, 2.45) is 16.5 Å². The van der Waals surface area contributed by atoms with Crippen LogP contribution in [0.15, 0.2) is 21.6 Å². The Bertz CT molecular complexity index is 1130. The predicted molar refractivity (Wildman–Crippen MR) is 154 cm³/mol. The topological polar surface area (TPSA) is 202 Å². The van der Waals surface area contributed by atoms with Gasteiger partial charge < -0.3 is 32.5 Å². The minimum Gasteiger partial charge on any atom is -0.506 e. The van der Waals surface area contributed by atoms with Crippen LogP contribution in [0, 0.1) is 5.41 Å². The van der Waals surface area contributed by atoms with E-state index in [9.17, 15) is 19.5 Å². The van der Waals surface area contributed by atoms with Crippen molar-refractivity contribution in [1.82, 2.24) is 25.8 Å². The molecule has 0 saturated heterocycles. The molecule has 1 aromatic carbocycles. The molecule has 0 fully saturated rings. The number of nitrogens with zero attached hydrogens (tertiary/aromatic N) is 3. The van der Waals surface area contributed by atoms with E-state index in [0.717, 1.165) is 16.0 Å². The number of aromatic hydroxyl groups is 1. The van der Waals surface area contributed by atoms with Gasteiger partial charge in [0, 0.05) is 38.3 Å². The Labute approximate surface area is 241 Å². The molecular weight excluding hydrogens is 594 g/mol. The first-order chi connectivity index (χ1) is 18.1. The second kappa shape index (κ2) is 13.9. The highest BCUT2D eigenvalue weighted by Crippen LogP contribution is 2.34. The second-order valence-electron chi connectivity index (χ2n) is 10.2. The number of nitrogens with two attached hydrogens (primary N) is 2. The number of primary amides is 1. The first kappa shape index (κ1) is 32.3. The number of nitrogens with one attached hydrogen (secondary N) is 4. The number of phenolic OH excluding ortho intramolecular Hbond substituents is 1. The number of hydrogen-bond acceptors (Lipinski definition) is 8. The Kier molecular flexibility index (Phi) is 11.5. The van der Waals surface area contributed by atoms with Gasteiger partial charge in [0.25, 0.3) is 0 Å². The third kappa shape index (κ3) is 9.05. The van der Waals surface area contributed by atoms with Crippen LogP contribution in [0.5, 0.6) is 5.75 Å².